The lowest BCUT2D eigenvalue weighted by molar-refractivity contribution is 0.202. The van der Waals surface area contributed by atoms with Crippen molar-refractivity contribution >= 4 is 11.6 Å². The average molecular weight is 255 g/mol. The van der Waals surface area contributed by atoms with Crippen LogP contribution in [0.2, 0.25) is 0 Å². The van der Waals surface area contributed by atoms with Crippen molar-refractivity contribution < 1.29 is 4.74 Å². The van der Waals surface area contributed by atoms with Crippen LogP contribution >= 0.6 is 11.6 Å². The smallest absolute Gasteiger partial charge is 0.0587 e. The monoisotopic (exact) mass is 254 g/mol. The Morgan fingerprint density at radius 1 is 1.24 bits per heavy atom. The van der Waals surface area contributed by atoms with Gasteiger partial charge in [0.1, 0.15) is 0 Å². The number of hydrogen-bond donors (Lipinski definition) is 0. The second-order valence-electron chi connectivity index (χ2n) is 4.70. The molecule has 0 amide bonds. The molecule has 0 saturated carbocycles. The minimum Gasteiger partial charge on any atom is -0.384 e. The Morgan fingerprint density at radius 3 is 2.41 bits per heavy atom. The van der Waals surface area contributed by atoms with E-state index in [0.29, 0.717) is 5.92 Å². The molecule has 0 spiro atoms. The highest BCUT2D eigenvalue weighted by Gasteiger charge is 2.11. The van der Waals surface area contributed by atoms with Gasteiger partial charge in [-0.1, -0.05) is 44.5 Å². The fourth-order valence-corrected chi connectivity index (χ4v) is 2.22. The van der Waals surface area contributed by atoms with Gasteiger partial charge in [0.2, 0.25) is 0 Å². The summed E-state index contributed by atoms with van der Waals surface area (Å²) < 4.78 is 5.06. The summed E-state index contributed by atoms with van der Waals surface area (Å²) in [6.45, 7) is 5.24. The van der Waals surface area contributed by atoms with Crippen LogP contribution in [-0.2, 0) is 11.2 Å². The molecule has 1 rings (SSSR count). The number of methoxy groups -OCH3 is 1. The van der Waals surface area contributed by atoms with E-state index >= 15 is 0 Å². The number of rotatable bonds is 7. The number of benzene rings is 1. The van der Waals surface area contributed by atoms with Gasteiger partial charge in [-0.3, -0.25) is 0 Å². The molecule has 1 aromatic carbocycles. The van der Waals surface area contributed by atoms with Gasteiger partial charge in [0.25, 0.3) is 0 Å². The molecule has 2 heteroatoms. The lowest BCUT2D eigenvalue weighted by atomic mass is 9.98. The first-order valence-corrected chi connectivity index (χ1v) is 6.82. The molecule has 0 aliphatic rings. The van der Waals surface area contributed by atoms with Crippen molar-refractivity contribution in [1.82, 2.24) is 0 Å². The molecule has 0 bridgehead atoms. The van der Waals surface area contributed by atoms with Gasteiger partial charge in [-0.15, -0.1) is 11.6 Å². The van der Waals surface area contributed by atoms with E-state index in [2.05, 4.69) is 38.1 Å². The third-order valence-electron chi connectivity index (χ3n) is 3.24. The van der Waals surface area contributed by atoms with E-state index in [1.807, 2.05) is 0 Å². The highest BCUT2D eigenvalue weighted by Crippen LogP contribution is 2.29. The van der Waals surface area contributed by atoms with Crippen LogP contribution in [0.5, 0.6) is 0 Å². The Hall–Kier alpha value is -0.530. The first kappa shape index (κ1) is 14.5. The van der Waals surface area contributed by atoms with Crippen molar-refractivity contribution in [2.75, 3.05) is 13.7 Å². The predicted octanol–water partition coefficient (Wildman–Crippen LogP) is 4.59. The summed E-state index contributed by atoms with van der Waals surface area (Å²) >= 11 is 6.41. The van der Waals surface area contributed by atoms with Crippen molar-refractivity contribution in [3.8, 4) is 0 Å². The second kappa shape index (κ2) is 7.73. The SMILES string of the molecule is CCC(C)CC(Cl)c1ccc(CCOC)cc1. The van der Waals surface area contributed by atoms with Crippen LogP contribution in [-0.4, -0.2) is 13.7 Å². The Balaban J connectivity index is 2.54. The zero-order valence-electron chi connectivity index (χ0n) is 11.1. The lowest BCUT2D eigenvalue weighted by Gasteiger charge is -2.14. The molecule has 0 N–H and O–H groups in total. The summed E-state index contributed by atoms with van der Waals surface area (Å²) in [6, 6.07) is 8.59. The Kier molecular flexibility index (Phi) is 6.61. The molecular weight excluding hydrogens is 232 g/mol. The minimum absolute atomic E-state index is 0.140. The Bertz CT molecular complexity index is 307. The number of hydrogen-bond acceptors (Lipinski definition) is 1. The van der Waals surface area contributed by atoms with Gasteiger partial charge >= 0.3 is 0 Å². The lowest BCUT2D eigenvalue weighted by Crippen LogP contribution is -2.00. The first-order valence-electron chi connectivity index (χ1n) is 6.39. The van der Waals surface area contributed by atoms with E-state index in [4.69, 9.17) is 16.3 Å². The largest absolute Gasteiger partial charge is 0.384 e. The van der Waals surface area contributed by atoms with Crippen LogP contribution in [0.25, 0.3) is 0 Å². The summed E-state index contributed by atoms with van der Waals surface area (Å²) in [6.07, 6.45) is 3.21. The van der Waals surface area contributed by atoms with Crippen LogP contribution in [0.4, 0.5) is 0 Å². The molecule has 0 radical (unpaired) electrons. The maximum absolute atomic E-state index is 6.41. The summed E-state index contributed by atoms with van der Waals surface area (Å²) in [5.41, 5.74) is 2.54. The molecule has 17 heavy (non-hydrogen) atoms. The van der Waals surface area contributed by atoms with Crippen LogP contribution in [0.15, 0.2) is 24.3 Å². The number of halogens is 1. The topological polar surface area (TPSA) is 9.23 Å². The van der Waals surface area contributed by atoms with Gasteiger partial charge in [0, 0.05) is 7.11 Å². The fourth-order valence-electron chi connectivity index (χ4n) is 1.77. The van der Waals surface area contributed by atoms with Gasteiger partial charge < -0.3 is 4.74 Å². The van der Waals surface area contributed by atoms with Crippen LogP contribution in [0.3, 0.4) is 0 Å². The second-order valence-corrected chi connectivity index (χ2v) is 5.23. The van der Waals surface area contributed by atoms with Crippen molar-refractivity contribution in [1.29, 1.82) is 0 Å². The van der Waals surface area contributed by atoms with E-state index < -0.39 is 0 Å². The highest BCUT2D eigenvalue weighted by atomic mass is 35.5. The molecule has 1 aromatic rings. The molecule has 0 heterocycles. The zero-order chi connectivity index (χ0) is 12.7. The van der Waals surface area contributed by atoms with Gasteiger partial charge in [-0.05, 0) is 29.9 Å². The molecule has 96 valence electrons. The third kappa shape index (κ3) is 5.10. The van der Waals surface area contributed by atoms with E-state index in [1.165, 1.54) is 17.5 Å². The summed E-state index contributed by atoms with van der Waals surface area (Å²) in [5.74, 6) is 0.686. The molecule has 0 aliphatic heterocycles. The molecule has 0 aromatic heterocycles. The zero-order valence-corrected chi connectivity index (χ0v) is 11.8. The van der Waals surface area contributed by atoms with E-state index in [-0.39, 0.29) is 5.38 Å². The fraction of sp³-hybridized carbons (Fsp3) is 0.600. The number of alkyl halides is 1. The Labute approximate surface area is 110 Å². The van der Waals surface area contributed by atoms with E-state index in [0.717, 1.165) is 19.4 Å². The van der Waals surface area contributed by atoms with E-state index in [1.54, 1.807) is 7.11 Å². The quantitative estimate of drug-likeness (QED) is 0.647. The van der Waals surface area contributed by atoms with E-state index in [9.17, 15) is 0 Å². The number of ether oxygens (including phenoxy) is 1. The average Bonchev–Trinajstić information content (AvgIpc) is 2.36. The van der Waals surface area contributed by atoms with Crippen molar-refractivity contribution in [3.05, 3.63) is 35.4 Å². The maximum atomic E-state index is 6.41. The summed E-state index contributed by atoms with van der Waals surface area (Å²) in [7, 11) is 1.73. The van der Waals surface area contributed by atoms with Gasteiger partial charge in [0.05, 0.1) is 12.0 Å². The van der Waals surface area contributed by atoms with Crippen LogP contribution in [0, 0.1) is 5.92 Å². The minimum atomic E-state index is 0.140. The van der Waals surface area contributed by atoms with Crippen LogP contribution in [0.1, 0.15) is 43.2 Å². The van der Waals surface area contributed by atoms with Gasteiger partial charge in [-0.25, -0.2) is 0 Å². The molecule has 0 fully saturated rings. The Morgan fingerprint density at radius 2 is 1.88 bits per heavy atom. The highest BCUT2D eigenvalue weighted by molar-refractivity contribution is 6.20. The van der Waals surface area contributed by atoms with Crippen LogP contribution < -0.4 is 0 Å². The van der Waals surface area contributed by atoms with Crippen molar-refractivity contribution in [3.63, 3.8) is 0 Å². The predicted molar refractivity (Wildman–Crippen MR) is 74.7 cm³/mol. The molecular formula is C15H23ClO. The summed E-state index contributed by atoms with van der Waals surface area (Å²) in [4.78, 5) is 0. The van der Waals surface area contributed by atoms with Crippen molar-refractivity contribution in [2.45, 2.75) is 38.5 Å². The first-order chi connectivity index (χ1) is 8.17. The van der Waals surface area contributed by atoms with Gasteiger partial charge in [-0.2, -0.15) is 0 Å². The normalized spacial score (nSPS) is 14.6. The molecule has 2 unspecified atom stereocenters. The molecule has 0 aliphatic carbocycles. The molecule has 0 saturated heterocycles. The third-order valence-corrected chi connectivity index (χ3v) is 3.67. The van der Waals surface area contributed by atoms with Crippen molar-refractivity contribution in [2.24, 2.45) is 5.92 Å². The standard InChI is InChI=1S/C15H23ClO/c1-4-12(2)11-15(16)14-7-5-13(6-8-14)9-10-17-3/h5-8,12,15H,4,9-11H2,1-3H3. The molecule has 1 nitrogen and oxygen atoms in total. The molecule has 2 atom stereocenters. The van der Waals surface area contributed by atoms with Gasteiger partial charge in [0.15, 0.2) is 0 Å². The summed E-state index contributed by atoms with van der Waals surface area (Å²) in [5, 5.41) is 0.140. The maximum Gasteiger partial charge on any atom is 0.0587 e.